The zero-order valence-electron chi connectivity index (χ0n) is 43.0. The molecule has 69 heavy (non-hydrogen) atoms. The van der Waals surface area contributed by atoms with Gasteiger partial charge in [-0.1, -0.05) is 211 Å². The predicted octanol–water partition coefficient (Wildman–Crippen LogP) is 16.4. The van der Waals surface area contributed by atoms with Gasteiger partial charge in [-0.05, 0) is 103 Å². The van der Waals surface area contributed by atoms with Crippen molar-refractivity contribution in [3.63, 3.8) is 0 Å². The van der Waals surface area contributed by atoms with E-state index in [1.807, 2.05) is 0 Å². The number of phosphoric ester groups is 1. The summed E-state index contributed by atoms with van der Waals surface area (Å²) in [5, 5.41) is 0. The Hall–Kier alpha value is -4.11. The van der Waals surface area contributed by atoms with Gasteiger partial charge in [-0.25, -0.2) is 4.57 Å². The van der Waals surface area contributed by atoms with Gasteiger partial charge in [0.25, 0.3) is 0 Å². The first-order chi connectivity index (χ1) is 33.8. The molecule has 0 amide bonds. The molecule has 388 valence electrons. The van der Waals surface area contributed by atoms with Crippen molar-refractivity contribution in [2.45, 2.75) is 187 Å². The molecule has 0 heterocycles. The minimum Gasteiger partial charge on any atom is -0.462 e. The summed E-state index contributed by atoms with van der Waals surface area (Å²) in [6.07, 6.45) is 76.5. The van der Waals surface area contributed by atoms with E-state index in [1.54, 1.807) is 0 Å². The maximum atomic E-state index is 12.6. The van der Waals surface area contributed by atoms with Gasteiger partial charge < -0.3 is 20.1 Å². The third-order valence-electron chi connectivity index (χ3n) is 10.2. The summed E-state index contributed by atoms with van der Waals surface area (Å²) in [5.41, 5.74) is 5.34. The van der Waals surface area contributed by atoms with E-state index in [0.29, 0.717) is 6.42 Å². The fraction of sp³-hybridized carbons (Fsp3) is 0.559. The molecule has 0 aliphatic rings. The van der Waals surface area contributed by atoms with Gasteiger partial charge in [-0.3, -0.25) is 18.6 Å². The molecular weight excluding hydrogens is 882 g/mol. The van der Waals surface area contributed by atoms with Crippen LogP contribution in [0.25, 0.3) is 0 Å². The molecule has 0 radical (unpaired) electrons. The van der Waals surface area contributed by atoms with Crippen LogP contribution >= 0.6 is 7.82 Å². The first-order valence-corrected chi connectivity index (χ1v) is 27.8. The predicted molar refractivity (Wildman–Crippen MR) is 293 cm³/mol. The van der Waals surface area contributed by atoms with Crippen molar-refractivity contribution in [3.8, 4) is 0 Å². The summed E-state index contributed by atoms with van der Waals surface area (Å²) in [4.78, 5) is 34.7. The Morgan fingerprint density at radius 2 is 0.797 bits per heavy atom. The van der Waals surface area contributed by atoms with E-state index in [1.165, 1.54) is 19.3 Å². The third kappa shape index (κ3) is 53.1. The molecule has 0 fully saturated rings. The highest BCUT2D eigenvalue weighted by Gasteiger charge is 2.26. The van der Waals surface area contributed by atoms with Crippen LogP contribution in [-0.4, -0.2) is 49.3 Å². The van der Waals surface area contributed by atoms with E-state index in [0.717, 1.165) is 128 Å². The molecule has 0 saturated heterocycles. The minimum atomic E-state index is -4.39. The van der Waals surface area contributed by atoms with Crippen LogP contribution in [0.4, 0.5) is 0 Å². The van der Waals surface area contributed by atoms with Crippen LogP contribution in [0.1, 0.15) is 181 Å². The van der Waals surface area contributed by atoms with Crippen molar-refractivity contribution in [2.24, 2.45) is 5.73 Å². The highest BCUT2D eigenvalue weighted by atomic mass is 31.2. The van der Waals surface area contributed by atoms with Gasteiger partial charge in [0, 0.05) is 19.4 Å². The lowest BCUT2D eigenvalue weighted by molar-refractivity contribution is -0.161. The number of unbranched alkanes of at least 4 members (excludes halogenated alkanes) is 10. The number of hydrogen-bond donors (Lipinski definition) is 2. The van der Waals surface area contributed by atoms with E-state index in [4.69, 9.17) is 24.3 Å². The van der Waals surface area contributed by atoms with Crippen LogP contribution < -0.4 is 5.73 Å². The largest absolute Gasteiger partial charge is 0.472 e. The Kier molecular flexibility index (Phi) is 50.1. The number of allylic oxidation sites excluding steroid dienone is 24. The first-order valence-electron chi connectivity index (χ1n) is 26.3. The molecule has 0 rings (SSSR count). The molecule has 0 aromatic heterocycles. The lowest BCUT2D eigenvalue weighted by atomic mass is 10.1. The van der Waals surface area contributed by atoms with Gasteiger partial charge in [0.1, 0.15) is 6.61 Å². The van der Waals surface area contributed by atoms with Crippen LogP contribution in [0, 0.1) is 0 Å². The molecular formula is C59H94NO8P. The molecule has 9 nitrogen and oxygen atoms in total. The van der Waals surface area contributed by atoms with Gasteiger partial charge in [0.2, 0.25) is 0 Å². The van der Waals surface area contributed by atoms with Gasteiger partial charge >= 0.3 is 19.8 Å². The zero-order chi connectivity index (χ0) is 50.2. The third-order valence-corrected chi connectivity index (χ3v) is 11.2. The lowest BCUT2D eigenvalue weighted by Crippen LogP contribution is -2.29. The molecule has 0 saturated carbocycles. The van der Waals surface area contributed by atoms with Crippen molar-refractivity contribution in [3.05, 3.63) is 146 Å². The molecule has 2 atom stereocenters. The van der Waals surface area contributed by atoms with Crippen LogP contribution in [0.15, 0.2) is 146 Å². The fourth-order valence-corrected chi connectivity index (χ4v) is 7.14. The van der Waals surface area contributed by atoms with E-state index in [-0.39, 0.29) is 32.6 Å². The quantitative estimate of drug-likeness (QED) is 0.0264. The number of esters is 2. The van der Waals surface area contributed by atoms with Crippen molar-refractivity contribution >= 4 is 19.8 Å². The minimum absolute atomic E-state index is 0.0423. The number of nitrogens with two attached hydrogens (primary N) is 1. The molecule has 0 bridgehead atoms. The average molecular weight is 976 g/mol. The number of rotatable bonds is 47. The Morgan fingerprint density at radius 3 is 1.19 bits per heavy atom. The highest BCUT2D eigenvalue weighted by Crippen LogP contribution is 2.43. The maximum absolute atomic E-state index is 12.6. The second-order valence-electron chi connectivity index (χ2n) is 16.7. The topological polar surface area (TPSA) is 134 Å². The number of carbonyl (C=O) groups is 2. The van der Waals surface area contributed by atoms with E-state index in [2.05, 4.69) is 160 Å². The van der Waals surface area contributed by atoms with E-state index in [9.17, 15) is 19.0 Å². The molecule has 0 aliphatic heterocycles. The lowest BCUT2D eigenvalue weighted by Gasteiger charge is -2.19. The molecule has 3 N–H and O–H groups in total. The number of hydrogen-bond acceptors (Lipinski definition) is 8. The smallest absolute Gasteiger partial charge is 0.462 e. The van der Waals surface area contributed by atoms with Crippen molar-refractivity contribution in [1.82, 2.24) is 0 Å². The number of phosphoric acid groups is 1. The average Bonchev–Trinajstić information content (AvgIpc) is 3.34. The Morgan fingerprint density at radius 1 is 0.449 bits per heavy atom. The molecule has 0 aromatic rings. The van der Waals surface area contributed by atoms with Gasteiger partial charge in [0.15, 0.2) is 6.10 Å². The molecule has 0 aliphatic carbocycles. The summed E-state index contributed by atoms with van der Waals surface area (Å²) < 4.78 is 32.7. The van der Waals surface area contributed by atoms with E-state index >= 15 is 0 Å². The summed E-state index contributed by atoms with van der Waals surface area (Å²) in [6, 6.07) is 0. The normalized spacial score (nSPS) is 14.3. The van der Waals surface area contributed by atoms with Crippen LogP contribution in [0.5, 0.6) is 0 Å². The Labute approximate surface area is 420 Å². The molecule has 0 spiro atoms. The fourth-order valence-electron chi connectivity index (χ4n) is 6.38. The second kappa shape index (κ2) is 53.2. The molecule has 0 aromatic carbocycles. The SMILES string of the molecule is CC/C=C\C/C=C\C/C=C\C/C=C\C/C=C\C/C=C\C/C=C\C/C=C\C/C=C\C/C=C\C/C=C\C/C=C\CCCCCCC(=O)OC(COC(=O)CCCCCCCCC)COP(=O)(O)OCCN. The van der Waals surface area contributed by atoms with Crippen molar-refractivity contribution < 1.29 is 37.6 Å². The van der Waals surface area contributed by atoms with Gasteiger partial charge in [0.05, 0.1) is 13.2 Å². The summed E-state index contributed by atoms with van der Waals surface area (Å²) in [5.74, 6) is -0.877. The van der Waals surface area contributed by atoms with Gasteiger partial charge in [-0.2, -0.15) is 0 Å². The first kappa shape index (κ1) is 64.9. The van der Waals surface area contributed by atoms with Crippen molar-refractivity contribution in [1.29, 1.82) is 0 Å². The highest BCUT2D eigenvalue weighted by molar-refractivity contribution is 7.47. The molecule has 2 unspecified atom stereocenters. The summed E-state index contributed by atoms with van der Waals surface area (Å²) in [6.45, 7) is 3.50. The van der Waals surface area contributed by atoms with E-state index < -0.39 is 32.5 Å². The van der Waals surface area contributed by atoms with Crippen LogP contribution in [-0.2, 0) is 32.7 Å². The molecule has 10 heteroatoms. The summed E-state index contributed by atoms with van der Waals surface area (Å²) in [7, 11) is -4.39. The number of carbonyl (C=O) groups excluding carboxylic acids is 2. The van der Waals surface area contributed by atoms with Gasteiger partial charge in [-0.15, -0.1) is 0 Å². The van der Waals surface area contributed by atoms with Crippen molar-refractivity contribution in [2.75, 3.05) is 26.4 Å². The second-order valence-corrected chi connectivity index (χ2v) is 18.1. The Balaban J connectivity index is 4.00. The monoisotopic (exact) mass is 976 g/mol. The number of ether oxygens (including phenoxy) is 2. The van der Waals surface area contributed by atoms with Crippen LogP contribution in [0.2, 0.25) is 0 Å². The Bertz CT molecular complexity index is 1630. The zero-order valence-corrected chi connectivity index (χ0v) is 43.9. The maximum Gasteiger partial charge on any atom is 0.472 e. The standard InChI is InChI=1S/C59H94NO8P/c1-3-5-7-9-11-12-13-14-15-16-17-18-19-20-21-22-23-24-25-26-27-28-29-30-31-32-33-34-35-36-37-38-39-40-41-42-43-44-46-48-50-52-59(62)68-57(56-67-69(63,64)66-54-53-60)55-65-58(61)51-49-47-45-10-8-6-4-2/h5,7,11-12,14-15,17-18,20-21,23-24,26-27,29-30,32-33,35-36,38-39,41-42,57H,3-4,6,8-10,13,16,19,22,25,28,31,34,37,40,43-56,60H2,1-2H3,(H,63,64)/b7-5-,12-11-,15-14-,18-17-,21-20-,24-23-,27-26-,30-29-,33-32-,36-35-,39-38-,42-41-. The summed E-state index contributed by atoms with van der Waals surface area (Å²) >= 11 is 0. The van der Waals surface area contributed by atoms with Crippen LogP contribution in [0.3, 0.4) is 0 Å².